The molecule has 0 aromatic heterocycles. The largest absolute Gasteiger partial charge is 0.506 e. The smallest absolute Gasteiger partial charge is 0.140 e. The van der Waals surface area contributed by atoms with Gasteiger partial charge in [0.05, 0.1) is 5.02 Å². The molecule has 0 heterocycles. The summed E-state index contributed by atoms with van der Waals surface area (Å²) < 4.78 is 13.8. The highest BCUT2D eigenvalue weighted by Gasteiger charge is 2.19. The van der Waals surface area contributed by atoms with E-state index in [1.807, 2.05) is 6.92 Å². The number of hydrogen-bond donors (Lipinski definition) is 2. The molecule has 0 bridgehead atoms. The average Bonchev–Trinajstić information content (AvgIpc) is 2.16. The molecule has 0 fully saturated rings. The molecule has 4 heteroatoms. The summed E-state index contributed by atoms with van der Waals surface area (Å²) in [5.74, 6) is -0.689. The maximum Gasteiger partial charge on any atom is 0.140 e. The van der Waals surface area contributed by atoms with Crippen molar-refractivity contribution in [3.05, 3.63) is 28.0 Å². The van der Waals surface area contributed by atoms with Crippen LogP contribution in [0.25, 0.3) is 0 Å². The monoisotopic (exact) mass is 231 g/mol. The van der Waals surface area contributed by atoms with Gasteiger partial charge >= 0.3 is 0 Å². The molecular formula is C11H15ClFNO. The first-order valence-electron chi connectivity index (χ1n) is 4.86. The Morgan fingerprint density at radius 2 is 2.20 bits per heavy atom. The first-order valence-corrected chi connectivity index (χ1v) is 5.24. The second-order valence-electron chi connectivity index (χ2n) is 3.73. The fraction of sp³-hybridized carbons (Fsp3) is 0.455. The van der Waals surface area contributed by atoms with E-state index in [-0.39, 0.29) is 22.3 Å². The van der Waals surface area contributed by atoms with E-state index in [0.29, 0.717) is 18.5 Å². The summed E-state index contributed by atoms with van der Waals surface area (Å²) in [5, 5.41) is 9.87. The van der Waals surface area contributed by atoms with Crippen LogP contribution in [0.2, 0.25) is 5.02 Å². The Kier molecular flexibility index (Phi) is 3.94. The molecule has 1 atom stereocenters. The van der Waals surface area contributed by atoms with E-state index in [4.69, 9.17) is 17.3 Å². The van der Waals surface area contributed by atoms with E-state index in [9.17, 15) is 9.50 Å². The number of aromatic hydroxyl groups is 1. The lowest BCUT2D eigenvalue weighted by atomic mass is 9.94. The van der Waals surface area contributed by atoms with Crippen LogP contribution in [0, 0.1) is 12.7 Å². The topological polar surface area (TPSA) is 46.2 Å². The van der Waals surface area contributed by atoms with Gasteiger partial charge in [0.1, 0.15) is 11.6 Å². The highest BCUT2D eigenvalue weighted by Crippen LogP contribution is 2.37. The summed E-state index contributed by atoms with van der Waals surface area (Å²) in [6.45, 7) is 3.89. The van der Waals surface area contributed by atoms with E-state index in [2.05, 4.69) is 0 Å². The number of nitrogens with two attached hydrogens (primary N) is 1. The quantitative estimate of drug-likeness (QED) is 0.840. The molecule has 0 radical (unpaired) electrons. The van der Waals surface area contributed by atoms with Crippen molar-refractivity contribution < 1.29 is 9.50 Å². The zero-order valence-electron chi connectivity index (χ0n) is 8.85. The van der Waals surface area contributed by atoms with Crippen molar-refractivity contribution in [2.75, 3.05) is 6.54 Å². The summed E-state index contributed by atoms with van der Waals surface area (Å²) >= 11 is 5.79. The molecule has 0 saturated heterocycles. The highest BCUT2D eigenvalue weighted by molar-refractivity contribution is 6.32. The summed E-state index contributed by atoms with van der Waals surface area (Å²) in [5.41, 5.74) is 6.12. The molecule has 1 aromatic carbocycles. The number of phenols is 1. The van der Waals surface area contributed by atoms with Gasteiger partial charge in [-0.1, -0.05) is 18.5 Å². The van der Waals surface area contributed by atoms with Crippen LogP contribution in [-0.4, -0.2) is 11.7 Å². The van der Waals surface area contributed by atoms with Crippen molar-refractivity contribution in [2.24, 2.45) is 5.73 Å². The molecule has 0 saturated carbocycles. The van der Waals surface area contributed by atoms with E-state index in [1.54, 1.807) is 6.92 Å². The fourth-order valence-electron chi connectivity index (χ4n) is 1.61. The Bertz CT molecular complexity index is 342. The maximum atomic E-state index is 13.8. The summed E-state index contributed by atoms with van der Waals surface area (Å²) in [4.78, 5) is 0. The molecule has 0 spiro atoms. The van der Waals surface area contributed by atoms with Crippen LogP contribution < -0.4 is 5.73 Å². The van der Waals surface area contributed by atoms with Gasteiger partial charge in [0.15, 0.2) is 0 Å². The molecule has 1 aromatic rings. The van der Waals surface area contributed by atoms with Gasteiger partial charge in [0.25, 0.3) is 0 Å². The predicted molar refractivity (Wildman–Crippen MR) is 59.9 cm³/mol. The second-order valence-corrected chi connectivity index (χ2v) is 4.14. The van der Waals surface area contributed by atoms with E-state index >= 15 is 0 Å². The molecule has 0 amide bonds. The molecule has 1 rings (SSSR count). The minimum atomic E-state index is -0.391. The predicted octanol–water partition coefficient (Wildman–Crippen LogP) is 2.95. The van der Waals surface area contributed by atoms with E-state index in [0.717, 1.165) is 0 Å². The van der Waals surface area contributed by atoms with Crippen molar-refractivity contribution in [3.63, 3.8) is 0 Å². The number of rotatable bonds is 3. The van der Waals surface area contributed by atoms with E-state index in [1.165, 1.54) is 6.07 Å². The van der Waals surface area contributed by atoms with Crippen LogP contribution in [0.1, 0.15) is 30.4 Å². The molecule has 84 valence electrons. The standard InChI is InChI=1S/C11H15ClFNO/c1-6(3-4-14)9-10(13)7(2)5-8(12)11(9)15/h5-6,15H,3-4,14H2,1-2H3. The van der Waals surface area contributed by atoms with Gasteiger partial charge in [-0.3, -0.25) is 0 Å². The minimum absolute atomic E-state index is 0.132. The zero-order chi connectivity index (χ0) is 11.6. The van der Waals surface area contributed by atoms with Crippen LogP contribution in [-0.2, 0) is 0 Å². The van der Waals surface area contributed by atoms with Gasteiger partial charge in [0, 0.05) is 5.56 Å². The minimum Gasteiger partial charge on any atom is -0.506 e. The molecule has 2 nitrogen and oxygen atoms in total. The lowest BCUT2D eigenvalue weighted by molar-refractivity contribution is 0.447. The van der Waals surface area contributed by atoms with Crippen LogP contribution in [0.5, 0.6) is 5.75 Å². The number of benzene rings is 1. The number of phenolic OH excluding ortho intramolecular Hbond substituents is 1. The lowest BCUT2D eigenvalue weighted by Gasteiger charge is -2.16. The number of aryl methyl sites for hydroxylation is 1. The third kappa shape index (κ3) is 2.41. The van der Waals surface area contributed by atoms with Crippen molar-refractivity contribution >= 4 is 11.6 Å². The summed E-state index contributed by atoms with van der Waals surface area (Å²) in [7, 11) is 0. The molecule has 0 aliphatic carbocycles. The van der Waals surface area contributed by atoms with E-state index < -0.39 is 5.82 Å². The molecule has 3 N–H and O–H groups in total. The van der Waals surface area contributed by atoms with Crippen molar-refractivity contribution in [3.8, 4) is 5.75 Å². The molecule has 0 aliphatic rings. The van der Waals surface area contributed by atoms with Gasteiger partial charge in [-0.25, -0.2) is 4.39 Å². The van der Waals surface area contributed by atoms with Crippen molar-refractivity contribution in [2.45, 2.75) is 26.2 Å². The van der Waals surface area contributed by atoms with Gasteiger partial charge < -0.3 is 10.8 Å². The first kappa shape index (κ1) is 12.3. The van der Waals surface area contributed by atoms with Crippen LogP contribution in [0.15, 0.2) is 6.07 Å². The average molecular weight is 232 g/mol. The van der Waals surface area contributed by atoms with Gasteiger partial charge in [-0.15, -0.1) is 0 Å². The van der Waals surface area contributed by atoms with Gasteiger partial charge in [0.2, 0.25) is 0 Å². The zero-order valence-corrected chi connectivity index (χ0v) is 9.61. The lowest BCUT2D eigenvalue weighted by Crippen LogP contribution is -2.07. The summed E-state index contributed by atoms with van der Waals surface area (Å²) in [6, 6.07) is 1.42. The third-order valence-electron chi connectivity index (χ3n) is 2.50. The molecular weight excluding hydrogens is 217 g/mol. The van der Waals surface area contributed by atoms with Crippen LogP contribution >= 0.6 is 11.6 Å². The molecule has 0 aliphatic heterocycles. The van der Waals surface area contributed by atoms with Gasteiger partial charge in [-0.05, 0) is 37.4 Å². The Balaban J connectivity index is 3.26. The Morgan fingerprint density at radius 3 is 2.73 bits per heavy atom. The Hall–Kier alpha value is -0.800. The second kappa shape index (κ2) is 4.81. The fourth-order valence-corrected chi connectivity index (χ4v) is 1.88. The summed E-state index contributed by atoms with van der Waals surface area (Å²) in [6.07, 6.45) is 0.615. The number of halogens is 2. The van der Waals surface area contributed by atoms with Crippen molar-refractivity contribution in [1.29, 1.82) is 0 Å². The number of hydrogen-bond acceptors (Lipinski definition) is 2. The highest BCUT2D eigenvalue weighted by atomic mass is 35.5. The SMILES string of the molecule is Cc1cc(Cl)c(O)c(C(C)CCN)c1F. The van der Waals surface area contributed by atoms with Crippen LogP contribution in [0.3, 0.4) is 0 Å². The van der Waals surface area contributed by atoms with Crippen LogP contribution in [0.4, 0.5) is 4.39 Å². The van der Waals surface area contributed by atoms with Crippen molar-refractivity contribution in [1.82, 2.24) is 0 Å². The molecule has 1 unspecified atom stereocenters. The Labute approximate surface area is 93.9 Å². The first-order chi connectivity index (χ1) is 6.99. The Morgan fingerprint density at radius 1 is 1.60 bits per heavy atom. The van der Waals surface area contributed by atoms with Gasteiger partial charge in [-0.2, -0.15) is 0 Å². The third-order valence-corrected chi connectivity index (χ3v) is 2.79. The normalized spacial score (nSPS) is 12.9. The molecule has 15 heavy (non-hydrogen) atoms. The maximum absolute atomic E-state index is 13.8.